The summed E-state index contributed by atoms with van der Waals surface area (Å²) >= 11 is 0. The first-order valence-corrected chi connectivity index (χ1v) is 8.12. The molecule has 0 radical (unpaired) electrons. The first-order valence-electron chi connectivity index (χ1n) is 8.12. The van der Waals surface area contributed by atoms with Gasteiger partial charge < -0.3 is 4.42 Å². The highest BCUT2D eigenvalue weighted by Crippen LogP contribution is 2.33. The van der Waals surface area contributed by atoms with E-state index in [2.05, 4.69) is 20.3 Å². The molecule has 30 heavy (non-hydrogen) atoms. The van der Waals surface area contributed by atoms with E-state index in [9.17, 15) is 30.7 Å². The van der Waals surface area contributed by atoms with E-state index in [1.54, 1.807) is 0 Å². The number of nitrogens with zero attached hydrogens (tertiary/aromatic N) is 5. The molecule has 0 fully saturated rings. The summed E-state index contributed by atoms with van der Waals surface area (Å²) in [5.41, 5.74) is -3.12. The Bertz CT molecular complexity index is 1210. The zero-order valence-corrected chi connectivity index (χ0v) is 14.4. The summed E-state index contributed by atoms with van der Waals surface area (Å²) in [4.78, 5) is 3.57. The Morgan fingerprint density at radius 1 is 0.900 bits per heavy atom. The van der Waals surface area contributed by atoms with Crippen LogP contribution >= 0.6 is 0 Å². The Kier molecular flexibility index (Phi) is 4.67. The predicted molar refractivity (Wildman–Crippen MR) is 86.6 cm³/mol. The fourth-order valence-electron chi connectivity index (χ4n) is 2.66. The van der Waals surface area contributed by atoms with Gasteiger partial charge in [0.2, 0.25) is 5.89 Å². The minimum absolute atomic E-state index is 0.0290. The molecule has 3 aromatic heterocycles. The molecular formula is C17H8F7N5O. The number of fused-ring (bicyclic) bond motifs is 1. The molecule has 1 aromatic carbocycles. The Labute approximate surface area is 162 Å². The van der Waals surface area contributed by atoms with Crippen LogP contribution in [0.25, 0.3) is 28.7 Å². The Hall–Kier alpha value is -3.51. The van der Waals surface area contributed by atoms with Crippen LogP contribution in [-0.2, 0) is 6.18 Å². The standard InChI is InChI=1S/C17H8F7N5O/c18-13(19)9-5-11(14(20)21)29-12(25-9)6-10(28-29)16-27-26-15(30-16)7-2-1-3-8(4-7)17(22,23)24/h1-6,13-14H. The van der Waals surface area contributed by atoms with Crippen molar-refractivity contribution in [1.29, 1.82) is 0 Å². The summed E-state index contributed by atoms with van der Waals surface area (Å²) in [5.74, 6) is -0.588. The fourth-order valence-corrected chi connectivity index (χ4v) is 2.66. The van der Waals surface area contributed by atoms with Crippen molar-refractivity contribution in [3.05, 3.63) is 53.3 Å². The molecule has 0 unspecified atom stereocenters. The Morgan fingerprint density at radius 3 is 2.30 bits per heavy atom. The number of aromatic nitrogens is 5. The maximum atomic E-state index is 13.2. The van der Waals surface area contributed by atoms with E-state index in [-0.39, 0.29) is 28.7 Å². The molecule has 0 atom stereocenters. The maximum Gasteiger partial charge on any atom is 0.416 e. The lowest BCUT2D eigenvalue weighted by Crippen LogP contribution is -2.04. The minimum Gasteiger partial charge on any atom is -0.415 e. The zero-order valence-electron chi connectivity index (χ0n) is 14.4. The van der Waals surface area contributed by atoms with Crippen LogP contribution in [0.4, 0.5) is 30.7 Å². The number of hydrogen-bond donors (Lipinski definition) is 0. The molecule has 4 aromatic rings. The topological polar surface area (TPSA) is 69.1 Å². The number of hydrogen-bond acceptors (Lipinski definition) is 5. The first kappa shape index (κ1) is 19.8. The Balaban J connectivity index is 1.76. The third kappa shape index (κ3) is 3.57. The molecule has 0 aliphatic carbocycles. The van der Waals surface area contributed by atoms with E-state index in [4.69, 9.17) is 4.42 Å². The van der Waals surface area contributed by atoms with E-state index in [0.29, 0.717) is 10.6 Å². The highest BCUT2D eigenvalue weighted by atomic mass is 19.4. The molecule has 0 aliphatic rings. The third-order valence-corrected chi connectivity index (χ3v) is 4.00. The molecule has 0 saturated carbocycles. The molecule has 0 bridgehead atoms. The second-order valence-electron chi connectivity index (χ2n) is 6.00. The molecular weight excluding hydrogens is 423 g/mol. The van der Waals surface area contributed by atoms with E-state index in [1.165, 1.54) is 6.07 Å². The lowest BCUT2D eigenvalue weighted by molar-refractivity contribution is -0.137. The van der Waals surface area contributed by atoms with Crippen LogP contribution in [0.1, 0.15) is 29.8 Å². The molecule has 156 valence electrons. The molecule has 0 amide bonds. The van der Waals surface area contributed by atoms with E-state index in [1.807, 2.05) is 0 Å². The maximum absolute atomic E-state index is 13.2. The van der Waals surface area contributed by atoms with Crippen molar-refractivity contribution in [2.24, 2.45) is 0 Å². The van der Waals surface area contributed by atoms with Gasteiger partial charge >= 0.3 is 6.18 Å². The molecule has 4 rings (SSSR count). The van der Waals surface area contributed by atoms with Gasteiger partial charge in [0.25, 0.3) is 18.7 Å². The molecule has 0 spiro atoms. The molecule has 6 nitrogen and oxygen atoms in total. The second-order valence-corrected chi connectivity index (χ2v) is 6.00. The van der Waals surface area contributed by atoms with E-state index >= 15 is 0 Å². The van der Waals surface area contributed by atoms with Crippen molar-refractivity contribution < 1.29 is 35.2 Å². The first-order chi connectivity index (χ1) is 14.1. The predicted octanol–water partition coefficient (Wildman–Crippen LogP) is 5.34. The van der Waals surface area contributed by atoms with Crippen LogP contribution in [0.2, 0.25) is 0 Å². The van der Waals surface area contributed by atoms with Crippen molar-refractivity contribution in [1.82, 2.24) is 24.8 Å². The van der Waals surface area contributed by atoms with Gasteiger partial charge in [-0.1, -0.05) is 6.07 Å². The van der Waals surface area contributed by atoms with Gasteiger partial charge in [0, 0.05) is 11.6 Å². The molecule has 0 saturated heterocycles. The van der Waals surface area contributed by atoms with Gasteiger partial charge in [0.15, 0.2) is 11.3 Å². The lowest BCUT2D eigenvalue weighted by atomic mass is 10.1. The SMILES string of the molecule is FC(F)c1cc(C(F)F)n2nc(-c3nnc(-c4cccc(C(F)(F)F)c4)o3)cc2n1. The molecule has 0 N–H and O–H groups in total. The van der Waals surface area contributed by atoms with Crippen molar-refractivity contribution in [3.8, 4) is 23.0 Å². The molecule has 0 aliphatic heterocycles. The summed E-state index contributed by atoms with van der Waals surface area (Å²) in [7, 11) is 0. The zero-order chi connectivity index (χ0) is 21.6. The summed E-state index contributed by atoms with van der Waals surface area (Å²) < 4.78 is 96.9. The average Bonchev–Trinajstić information content (AvgIpc) is 3.33. The quantitative estimate of drug-likeness (QED) is 0.408. The summed E-state index contributed by atoms with van der Waals surface area (Å²) in [6, 6.07) is 5.72. The van der Waals surface area contributed by atoms with Gasteiger partial charge in [0.1, 0.15) is 11.4 Å². The highest BCUT2D eigenvalue weighted by molar-refractivity contribution is 5.60. The smallest absolute Gasteiger partial charge is 0.415 e. The van der Waals surface area contributed by atoms with Gasteiger partial charge in [-0.3, -0.25) is 0 Å². The third-order valence-electron chi connectivity index (χ3n) is 4.00. The van der Waals surface area contributed by atoms with Crippen molar-refractivity contribution in [2.45, 2.75) is 19.0 Å². The number of alkyl halides is 7. The van der Waals surface area contributed by atoms with Gasteiger partial charge in [-0.25, -0.2) is 27.1 Å². The lowest BCUT2D eigenvalue weighted by Gasteiger charge is -2.06. The highest BCUT2D eigenvalue weighted by Gasteiger charge is 2.31. The average molecular weight is 431 g/mol. The van der Waals surface area contributed by atoms with Crippen molar-refractivity contribution in [2.75, 3.05) is 0 Å². The number of benzene rings is 1. The summed E-state index contributed by atoms with van der Waals surface area (Å²) in [5, 5.41) is 11.1. The van der Waals surface area contributed by atoms with Gasteiger partial charge in [-0.2, -0.15) is 18.3 Å². The Morgan fingerprint density at radius 2 is 1.63 bits per heavy atom. The van der Waals surface area contributed by atoms with Crippen LogP contribution in [0, 0.1) is 0 Å². The van der Waals surface area contributed by atoms with Crippen LogP contribution in [0.15, 0.2) is 40.8 Å². The number of rotatable bonds is 4. The normalized spacial score (nSPS) is 12.4. The number of halogens is 7. The largest absolute Gasteiger partial charge is 0.416 e. The van der Waals surface area contributed by atoms with Gasteiger partial charge in [-0.05, 0) is 24.3 Å². The minimum atomic E-state index is -4.58. The van der Waals surface area contributed by atoms with E-state index < -0.39 is 36.0 Å². The van der Waals surface area contributed by atoms with Crippen molar-refractivity contribution >= 4 is 5.65 Å². The van der Waals surface area contributed by atoms with Gasteiger partial charge in [0.05, 0.1) is 5.56 Å². The molecule has 13 heteroatoms. The molecule has 3 heterocycles. The van der Waals surface area contributed by atoms with Crippen LogP contribution in [0.5, 0.6) is 0 Å². The monoisotopic (exact) mass is 431 g/mol. The second kappa shape index (κ2) is 7.07. The van der Waals surface area contributed by atoms with E-state index in [0.717, 1.165) is 24.3 Å². The van der Waals surface area contributed by atoms with Crippen LogP contribution < -0.4 is 0 Å². The summed E-state index contributed by atoms with van der Waals surface area (Å²) in [6.07, 6.45) is -10.8. The fraction of sp³-hybridized carbons (Fsp3) is 0.176. The summed E-state index contributed by atoms with van der Waals surface area (Å²) in [6.45, 7) is 0. The van der Waals surface area contributed by atoms with Gasteiger partial charge in [-0.15, -0.1) is 10.2 Å². The van der Waals surface area contributed by atoms with Crippen LogP contribution in [0.3, 0.4) is 0 Å². The van der Waals surface area contributed by atoms with Crippen molar-refractivity contribution in [3.63, 3.8) is 0 Å². The van der Waals surface area contributed by atoms with Crippen LogP contribution in [-0.4, -0.2) is 24.8 Å².